The van der Waals surface area contributed by atoms with Crippen molar-refractivity contribution >= 4 is 11.8 Å². The van der Waals surface area contributed by atoms with Gasteiger partial charge >= 0.3 is 5.97 Å². The number of pyridine rings is 1. The number of hydrogen-bond acceptors (Lipinski definition) is 4. The largest absolute Gasteiger partial charge is 0.478 e. The zero-order chi connectivity index (χ0) is 14.8. The lowest BCUT2D eigenvalue weighted by Crippen LogP contribution is -2.41. The highest BCUT2D eigenvalue weighted by Crippen LogP contribution is 2.24. The SMILES string of the molecule is Cc1nc(N2CCC(N3CCCCC3)C2)ccc1C(=O)O. The summed E-state index contributed by atoms with van der Waals surface area (Å²) in [7, 11) is 0. The summed E-state index contributed by atoms with van der Waals surface area (Å²) in [5, 5.41) is 9.07. The van der Waals surface area contributed by atoms with Crippen LogP contribution >= 0.6 is 0 Å². The van der Waals surface area contributed by atoms with Crippen molar-refractivity contribution in [2.24, 2.45) is 0 Å². The van der Waals surface area contributed by atoms with Crippen molar-refractivity contribution in [2.75, 3.05) is 31.1 Å². The lowest BCUT2D eigenvalue weighted by molar-refractivity contribution is 0.0695. The van der Waals surface area contributed by atoms with E-state index < -0.39 is 5.97 Å². The summed E-state index contributed by atoms with van der Waals surface area (Å²) in [6, 6.07) is 4.15. The van der Waals surface area contributed by atoms with Crippen molar-refractivity contribution in [1.82, 2.24) is 9.88 Å². The average molecular weight is 289 g/mol. The van der Waals surface area contributed by atoms with Crippen LogP contribution in [0.25, 0.3) is 0 Å². The van der Waals surface area contributed by atoms with Crippen molar-refractivity contribution in [2.45, 2.75) is 38.6 Å². The van der Waals surface area contributed by atoms with Gasteiger partial charge in [-0.2, -0.15) is 0 Å². The van der Waals surface area contributed by atoms with E-state index in [9.17, 15) is 4.79 Å². The van der Waals surface area contributed by atoms with E-state index in [0.717, 1.165) is 18.9 Å². The lowest BCUT2D eigenvalue weighted by Gasteiger charge is -2.32. The van der Waals surface area contributed by atoms with Gasteiger partial charge < -0.3 is 10.0 Å². The fraction of sp³-hybridized carbons (Fsp3) is 0.625. The Balaban J connectivity index is 1.68. The molecule has 1 aromatic heterocycles. The fourth-order valence-electron chi connectivity index (χ4n) is 3.48. The number of carbonyl (C=O) groups is 1. The number of nitrogens with zero attached hydrogens (tertiary/aromatic N) is 3. The Kier molecular flexibility index (Phi) is 4.10. The Labute approximate surface area is 125 Å². The van der Waals surface area contributed by atoms with Gasteiger partial charge in [0.25, 0.3) is 0 Å². The van der Waals surface area contributed by atoms with Gasteiger partial charge in [0.05, 0.1) is 11.3 Å². The summed E-state index contributed by atoms with van der Waals surface area (Å²) in [5.74, 6) is 0.0103. The number of carboxylic acid groups (broad SMARTS) is 1. The maximum Gasteiger partial charge on any atom is 0.337 e. The monoisotopic (exact) mass is 289 g/mol. The quantitative estimate of drug-likeness (QED) is 0.924. The summed E-state index contributed by atoms with van der Waals surface area (Å²) in [5.41, 5.74) is 0.895. The second-order valence-electron chi connectivity index (χ2n) is 6.09. The van der Waals surface area contributed by atoms with Crippen LogP contribution in [0.2, 0.25) is 0 Å². The van der Waals surface area contributed by atoms with Crippen LogP contribution in [-0.4, -0.2) is 53.2 Å². The van der Waals surface area contributed by atoms with Gasteiger partial charge in [-0.15, -0.1) is 0 Å². The smallest absolute Gasteiger partial charge is 0.337 e. The number of aryl methyl sites for hydroxylation is 1. The van der Waals surface area contributed by atoms with Crippen molar-refractivity contribution in [1.29, 1.82) is 0 Å². The van der Waals surface area contributed by atoms with Crippen LogP contribution in [0.3, 0.4) is 0 Å². The number of likely N-dealkylation sites (tertiary alicyclic amines) is 1. The van der Waals surface area contributed by atoms with E-state index in [-0.39, 0.29) is 0 Å². The molecule has 5 nitrogen and oxygen atoms in total. The predicted molar refractivity (Wildman–Crippen MR) is 82.0 cm³/mol. The number of anilines is 1. The van der Waals surface area contributed by atoms with E-state index in [4.69, 9.17) is 5.11 Å². The molecule has 0 aromatic carbocycles. The number of piperidine rings is 1. The minimum Gasteiger partial charge on any atom is -0.478 e. The highest BCUT2D eigenvalue weighted by atomic mass is 16.4. The van der Waals surface area contributed by atoms with Gasteiger partial charge in [-0.3, -0.25) is 4.90 Å². The topological polar surface area (TPSA) is 56.7 Å². The summed E-state index contributed by atoms with van der Waals surface area (Å²) >= 11 is 0. The van der Waals surface area contributed by atoms with Gasteiger partial charge in [0.2, 0.25) is 0 Å². The second kappa shape index (κ2) is 6.02. The van der Waals surface area contributed by atoms with Gasteiger partial charge in [0.15, 0.2) is 0 Å². The Bertz CT molecular complexity index is 526. The molecular formula is C16H23N3O2. The van der Waals surface area contributed by atoms with E-state index in [1.54, 1.807) is 13.0 Å². The summed E-state index contributed by atoms with van der Waals surface area (Å²) in [6.07, 6.45) is 5.19. The minimum absolute atomic E-state index is 0.297. The van der Waals surface area contributed by atoms with Crippen LogP contribution in [0.4, 0.5) is 5.82 Å². The fourth-order valence-corrected chi connectivity index (χ4v) is 3.48. The third-order valence-corrected chi connectivity index (χ3v) is 4.70. The molecule has 114 valence electrons. The van der Waals surface area contributed by atoms with Crippen molar-refractivity contribution in [3.8, 4) is 0 Å². The molecule has 0 amide bonds. The highest BCUT2D eigenvalue weighted by Gasteiger charge is 2.29. The standard InChI is InChI=1S/C16H23N3O2/c1-12-14(16(20)21)5-6-15(17-12)19-10-7-13(11-19)18-8-3-2-4-9-18/h5-6,13H,2-4,7-11H2,1H3,(H,20,21). The molecule has 0 radical (unpaired) electrons. The highest BCUT2D eigenvalue weighted by molar-refractivity contribution is 5.89. The van der Waals surface area contributed by atoms with Gasteiger partial charge in [0, 0.05) is 19.1 Å². The first-order chi connectivity index (χ1) is 10.1. The third-order valence-electron chi connectivity index (χ3n) is 4.70. The van der Waals surface area contributed by atoms with Gasteiger partial charge in [-0.1, -0.05) is 6.42 Å². The zero-order valence-electron chi connectivity index (χ0n) is 12.6. The normalized spacial score (nSPS) is 23.5. The second-order valence-corrected chi connectivity index (χ2v) is 6.09. The van der Waals surface area contributed by atoms with E-state index in [1.807, 2.05) is 6.07 Å². The molecule has 1 atom stereocenters. The van der Waals surface area contributed by atoms with Crippen LogP contribution in [-0.2, 0) is 0 Å². The molecule has 0 saturated carbocycles. The molecule has 3 rings (SSSR count). The Morgan fingerprint density at radius 1 is 1.24 bits per heavy atom. The molecule has 1 unspecified atom stereocenters. The number of rotatable bonds is 3. The van der Waals surface area contributed by atoms with Crippen LogP contribution in [0.5, 0.6) is 0 Å². The number of carboxylic acids is 1. The van der Waals surface area contributed by atoms with Gasteiger partial charge in [-0.25, -0.2) is 9.78 Å². The summed E-state index contributed by atoms with van der Waals surface area (Å²) in [4.78, 5) is 20.4. The summed E-state index contributed by atoms with van der Waals surface area (Å²) in [6.45, 7) is 6.25. The Morgan fingerprint density at radius 2 is 2.00 bits per heavy atom. The molecule has 1 N–H and O–H groups in total. The van der Waals surface area contributed by atoms with Crippen LogP contribution in [0, 0.1) is 6.92 Å². The van der Waals surface area contributed by atoms with Crippen LogP contribution in [0.1, 0.15) is 41.7 Å². The molecule has 2 aliphatic heterocycles. The number of hydrogen-bond donors (Lipinski definition) is 1. The molecular weight excluding hydrogens is 266 g/mol. The van der Waals surface area contributed by atoms with E-state index in [2.05, 4.69) is 14.8 Å². The van der Waals surface area contributed by atoms with Crippen molar-refractivity contribution < 1.29 is 9.90 Å². The molecule has 5 heteroatoms. The maximum atomic E-state index is 11.1. The van der Waals surface area contributed by atoms with E-state index >= 15 is 0 Å². The number of aromatic carboxylic acids is 1. The zero-order valence-corrected chi connectivity index (χ0v) is 12.6. The van der Waals surface area contributed by atoms with Crippen LogP contribution in [0.15, 0.2) is 12.1 Å². The third kappa shape index (κ3) is 3.02. The van der Waals surface area contributed by atoms with Gasteiger partial charge in [0.1, 0.15) is 5.82 Å². The molecule has 21 heavy (non-hydrogen) atoms. The van der Waals surface area contributed by atoms with Crippen molar-refractivity contribution in [3.05, 3.63) is 23.4 Å². The summed E-state index contributed by atoms with van der Waals surface area (Å²) < 4.78 is 0. The van der Waals surface area contributed by atoms with E-state index in [1.165, 1.54) is 38.8 Å². The van der Waals surface area contributed by atoms with Crippen molar-refractivity contribution in [3.63, 3.8) is 0 Å². The van der Waals surface area contributed by atoms with Crippen LogP contribution < -0.4 is 4.90 Å². The molecule has 2 aliphatic rings. The molecule has 3 heterocycles. The molecule has 2 fully saturated rings. The maximum absolute atomic E-state index is 11.1. The van der Waals surface area contributed by atoms with Gasteiger partial charge in [-0.05, 0) is 51.4 Å². The number of aromatic nitrogens is 1. The molecule has 0 aliphatic carbocycles. The molecule has 0 spiro atoms. The van der Waals surface area contributed by atoms with E-state index in [0.29, 0.717) is 17.3 Å². The first-order valence-electron chi connectivity index (χ1n) is 7.85. The lowest BCUT2D eigenvalue weighted by atomic mass is 10.1. The Hall–Kier alpha value is -1.62. The Morgan fingerprint density at radius 3 is 2.67 bits per heavy atom. The predicted octanol–water partition coefficient (Wildman–Crippen LogP) is 2.15. The molecule has 1 aromatic rings. The first kappa shape index (κ1) is 14.3. The molecule has 0 bridgehead atoms. The molecule has 2 saturated heterocycles. The first-order valence-corrected chi connectivity index (χ1v) is 7.85. The average Bonchev–Trinajstić information content (AvgIpc) is 2.97. The minimum atomic E-state index is -0.904.